The van der Waals surface area contributed by atoms with E-state index in [1.54, 1.807) is 18.2 Å². The van der Waals surface area contributed by atoms with Gasteiger partial charge in [-0.05, 0) is 6.07 Å². The molecule has 9 heteroatoms. The van der Waals surface area contributed by atoms with Crippen LogP contribution in [-0.4, -0.2) is 18.0 Å². The van der Waals surface area contributed by atoms with Crippen molar-refractivity contribution < 1.29 is 17.6 Å². The van der Waals surface area contributed by atoms with Crippen molar-refractivity contribution >= 4 is 17.3 Å². The summed E-state index contributed by atoms with van der Waals surface area (Å²) in [7, 11) is 1.51. The van der Waals surface area contributed by atoms with Gasteiger partial charge >= 0.3 is 6.18 Å². The molecule has 0 spiro atoms. The Balaban J connectivity index is 1.88. The van der Waals surface area contributed by atoms with Crippen LogP contribution in [0.2, 0.25) is 0 Å². The molecule has 1 aromatic heterocycles. The lowest BCUT2D eigenvalue weighted by molar-refractivity contribution is -0.140. The van der Waals surface area contributed by atoms with E-state index in [1.807, 2.05) is 0 Å². The first-order chi connectivity index (χ1) is 10.9. The maximum atomic E-state index is 13.5. The van der Waals surface area contributed by atoms with Gasteiger partial charge in [-0.25, -0.2) is 9.37 Å². The normalized spacial score (nSPS) is 12.3. The number of hydrogen-bond donors (Lipinski definition) is 2. The third-order valence-electron chi connectivity index (χ3n) is 2.88. The Morgan fingerprint density at radius 2 is 1.91 bits per heavy atom. The molecule has 2 aromatic rings. The van der Waals surface area contributed by atoms with Crippen LogP contribution in [0.1, 0.15) is 16.3 Å². The SMILES string of the molecule is CN=C(NCc1nc(C(F)(F)F)cs1)NCc1ccccc1F. The number of nitrogens with one attached hydrogen (secondary N) is 2. The summed E-state index contributed by atoms with van der Waals surface area (Å²) < 4.78 is 50.9. The molecular formula is C14H14F4N4S. The van der Waals surface area contributed by atoms with Crippen molar-refractivity contribution in [2.75, 3.05) is 7.05 Å². The highest BCUT2D eigenvalue weighted by molar-refractivity contribution is 7.09. The molecule has 0 saturated heterocycles. The van der Waals surface area contributed by atoms with Gasteiger partial charge in [0.1, 0.15) is 10.8 Å². The van der Waals surface area contributed by atoms with Gasteiger partial charge in [0, 0.05) is 24.5 Å². The predicted octanol–water partition coefficient (Wildman–Crippen LogP) is 3.17. The van der Waals surface area contributed by atoms with Gasteiger partial charge in [-0.1, -0.05) is 18.2 Å². The van der Waals surface area contributed by atoms with Crippen LogP contribution in [0.3, 0.4) is 0 Å². The second-order valence-electron chi connectivity index (χ2n) is 4.49. The number of halogens is 4. The minimum Gasteiger partial charge on any atom is -0.352 e. The summed E-state index contributed by atoms with van der Waals surface area (Å²) in [4.78, 5) is 7.44. The van der Waals surface area contributed by atoms with Crippen molar-refractivity contribution in [3.63, 3.8) is 0 Å². The number of guanidine groups is 1. The molecule has 1 aromatic carbocycles. The first-order valence-corrected chi connectivity index (χ1v) is 7.47. The van der Waals surface area contributed by atoms with Crippen LogP contribution in [0.5, 0.6) is 0 Å². The number of nitrogens with zero attached hydrogens (tertiary/aromatic N) is 2. The van der Waals surface area contributed by atoms with Gasteiger partial charge in [-0.2, -0.15) is 13.2 Å². The van der Waals surface area contributed by atoms with E-state index in [1.165, 1.54) is 13.1 Å². The molecule has 0 bridgehead atoms. The first kappa shape index (κ1) is 17.2. The Morgan fingerprint density at radius 1 is 1.22 bits per heavy atom. The van der Waals surface area contributed by atoms with Gasteiger partial charge in [0.15, 0.2) is 11.7 Å². The first-order valence-electron chi connectivity index (χ1n) is 6.59. The molecular weight excluding hydrogens is 332 g/mol. The summed E-state index contributed by atoms with van der Waals surface area (Å²) in [6.45, 7) is 0.301. The monoisotopic (exact) mass is 346 g/mol. The maximum Gasteiger partial charge on any atom is 0.434 e. The average Bonchev–Trinajstić information content (AvgIpc) is 2.98. The molecule has 2 rings (SSSR count). The third kappa shape index (κ3) is 4.92. The molecule has 0 saturated carbocycles. The van der Waals surface area contributed by atoms with Gasteiger partial charge in [0.2, 0.25) is 0 Å². The topological polar surface area (TPSA) is 49.3 Å². The lowest BCUT2D eigenvalue weighted by Crippen LogP contribution is -2.36. The lowest BCUT2D eigenvalue weighted by Gasteiger charge is -2.11. The molecule has 4 nitrogen and oxygen atoms in total. The quantitative estimate of drug-likeness (QED) is 0.508. The van der Waals surface area contributed by atoms with Crippen molar-refractivity contribution in [2.24, 2.45) is 4.99 Å². The highest BCUT2D eigenvalue weighted by Crippen LogP contribution is 2.29. The van der Waals surface area contributed by atoms with E-state index in [-0.39, 0.29) is 23.9 Å². The maximum absolute atomic E-state index is 13.5. The van der Waals surface area contributed by atoms with Crippen molar-refractivity contribution in [1.29, 1.82) is 0 Å². The zero-order valence-electron chi connectivity index (χ0n) is 12.1. The molecule has 0 unspecified atom stereocenters. The van der Waals surface area contributed by atoms with E-state index in [2.05, 4.69) is 20.6 Å². The molecule has 0 radical (unpaired) electrons. The number of benzene rings is 1. The predicted molar refractivity (Wildman–Crippen MR) is 80.6 cm³/mol. The fourth-order valence-corrected chi connectivity index (χ4v) is 2.46. The summed E-state index contributed by atoms with van der Waals surface area (Å²) >= 11 is 0.909. The van der Waals surface area contributed by atoms with Gasteiger partial charge in [0.05, 0.1) is 6.54 Å². The van der Waals surface area contributed by atoms with Gasteiger partial charge in [-0.15, -0.1) is 11.3 Å². The fraction of sp³-hybridized carbons (Fsp3) is 0.286. The summed E-state index contributed by atoms with van der Waals surface area (Å²) in [6, 6.07) is 6.28. The zero-order chi connectivity index (χ0) is 16.9. The molecule has 124 valence electrons. The van der Waals surface area contributed by atoms with Crippen molar-refractivity contribution in [3.8, 4) is 0 Å². The van der Waals surface area contributed by atoms with Crippen molar-refractivity contribution in [3.05, 3.63) is 51.7 Å². The molecule has 2 N–H and O–H groups in total. The number of aromatic nitrogens is 1. The standard InChI is InChI=1S/C14H14F4N4S/c1-19-13(20-6-9-4-2-3-5-10(9)15)21-7-12-22-11(8-23-12)14(16,17)18/h2-5,8H,6-7H2,1H3,(H2,19,20,21). The number of thiazole rings is 1. The third-order valence-corrected chi connectivity index (χ3v) is 3.73. The number of aliphatic imine (C=N–C) groups is 1. The Labute approximate surface area is 134 Å². The molecule has 0 aliphatic rings. The second kappa shape index (κ2) is 7.40. The van der Waals surface area contributed by atoms with E-state index in [0.717, 1.165) is 16.7 Å². The number of alkyl halides is 3. The minimum atomic E-state index is -4.44. The van der Waals surface area contributed by atoms with Crippen LogP contribution in [0.25, 0.3) is 0 Å². The van der Waals surface area contributed by atoms with Crippen LogP contribution in [0, 0.1) is 5.82 Å². The van der Waals surface area contributed by atoms with Crippen LogP contribution in [-0.2, 0) is 19.3 Å². The smallest absolute Gasteiger partial charge is 0.352 e. The van der Waals surface area contributed by atoms with Crippen LogP contribution in [0.15, 0.2) is 34.6 Å². The molecule has 0 aliphatic carbocycles. The average molecular weight is 346 g/mol. The van der Waals surface area contributed by atoms with Gasteiger partial charge in [0.25, 0.3) is 0 Å². The summed E-state index contributed by atoms with van der Waals surface area (Å²) in [5, 5.41) is 6.97. The highest BCUT2D eigenvalue weighted by Gasteiger charge is 2.33. The second-order valence-corrected chi connectivity index (χ2v) is 5.44. The van der Waals surface area contributed by atoms with Crippen LogP contribution in [0.4, 0.5) is 17.6 Å². The Bertz CT molecular complexity index is 681. The van der Waals surface area contributed by atoms with E-state index >= 15 is 0 Å². The molecule has 0 atom stereocenters. The lowest BCUT2D eigenvalue weighted by atomic mass is 10.2. The van der Waals surface area contributed by atoms with Gasteiger partial charge < -0.3 is 10.6 Å². The molecule has 23 heavy (non-hydrogen) atoms. The van der Waals surface area contributed by atoms with Crippen molar-refractivity contribution in [1.82, 2.24) is 15.6 Å². The summed E-state index contributed by atoms with van der Waals surface area (Å²) in [5.41, 5.74) is -0.447. The summed E-state index contributed by atoms with van der Waals surface area (Å²) in [5.74, 6) is 0.00204. The minimum absolute atomic E-state index is 0.0949. The number of hydrogen-bond acceptors (Lipinski definition) is 3. The van der Waals surface area contributed by atoms with Gasteiger partial charge in [-0.3, -0.25) is 4.99 Å². The molecule has 0 amide bonds. The Morgan fingerprint density at radius 3 is 2.52 bits per heavy atom. The molecule has 0 aliphatic heterocycles. The fourth-order valence-electron chi connectivity index (χ4n) is 1.72. The highest BCUT2D eigenvalue weighted by atomic mass is 32.1. The van der Waals surface area contributed by atoms with Crippen LogP contribution < -0.4 is 10.6 Å². The van der Waals surface area contributed by atoms with E-state index < -0.39 is 11.9 Å². The Kier molecular flexibility index (Phi) is 5.54. The largest absolute Gasteiger partial charge is 0.434 e. The molecule has 0 fully saturated rings. The van der Waals surface area contributed by atoms with Crippen LogP contribution >= 0.6 is 11.3 Å². The molecule has 1 heterocycles. The Hall–Kier alpha value is -2.16. The summed E-state index contributed by atoms with van der Waals surface area (Å²) in [6.07, 6.45) is -4.44. The van der Waals surface area contributed by atoms with E-state index in [9.17, 15) is 17.6 Å². The van der Waals surface area contributed by atoms with E-state index in [4.69, 9.17) is 0 Å². The van der Waals surface area contributed by atoms with E-state index in [0.29, 0.717) is 11.5 Å². The zero-order valence-corrected chi connectivity index (χ0v) is 12.9. The van der Waals surface area contributed by atoms with Crippen molar-refractivity contribution in [2.45, 2.75) is 19.3 Å². The number of rotatable bonds is 4.